The summed E-state index contributed by atoms with van der Waals surface area (Å²) in [4.78, 5) is 27.2. The molecule has 37 heavy (non-hydrogen) atoms. The van der Waals surface area contributed by atoms with E-state index in [0.29, 0.717) is 54.6 Å². The smallest absolute Gasteiger partial charge is 0.338 e. The molecule has 202 valence electrons. The Morgan fingerprint density at radius 3 is 2.49 bits per heavy atom. The van der Waals surface area contributed by atoms with Gasteiger partial charge in [0.15, 0.2) is 0 Å². The molecule has 0 bridgehead atoms. The quantitative estimate of drug-likeness (QED) is 0.246. The van der Waals surface area contributed by atoms with Gasteiger partial charge in [-0.3, -0.25) is 4.79 Å². The van der Waals surface area contributed by atoms with E-state index < -0.39 is 0 Å². The molecule has 1 heterocycles. The lowest BCUT2D eigenvalue weighted by atomic mass is 9.48. The van der Waals surface area contributed by atoms with E-state index >= 15 is 0 Å². The molecule has 1 N–H and O–H groups in total. The number of rotatable bonds is 7. The lowest BCUT2D eigenvalue weighted by Gasteiger charge is -2.59. The second-order valence-corrected chi connectivity index (χ2v) is 12.7. The SMILES string of the molecule is CC12CC[C@H]3[C@@H](CC=C4C[C@@H](OC(=O)c5ccc(N(CCCl)CCCl)cc5)CC[C@@]43C)[C@@H]1CCC(=O)N2. The first kappa shape index (κ1) is 26.9. The van der Waals surface area contributed by atoms with Crippen LogP contribution in [0.1, 0.15) is 75.6 Å². The van der Waals surface area contributed by atoms with Gasteiger partial charge < -0.3 is 15.0 Å². The number of anilines is 1. The number of nitrogens with one attached hydrogen (secondary N) is 1. The molecule has 0 radical (unpaired) electrons. The maximum atomic E-state index is 13.0. The standard InChI is InChI=1S/C30H40Cl2N2O3/c1-29-13-11-23(37-28(36)20-3-6-22(7-4-20)34(17-15-31)18-16-32)19-21(29)5-8-24-25(29)12-14-30(2)26(24)9-10-27(35)33-30/h3-7,23-26H,8-19H2,1-2H3,(H,33,35)/t23-,24+,25-,26-,29-,30?/m0/s1. The number of carbonyl (C=O) groups excluding carboxylic acids is 2. The molecule has 1 saturated heterocycles. The summed E-state index contributed by atoms with van der Waals surface area (Å²) in [5.41, 5.74) is 3.19. The molecule has 0 spiro atoms. The van der Waals surface area contributed by atoms with Crippen LogP contribution in [-0.4, -0.2) is 48.4 Å². The number of hydrogen-bond donors (Lipinski definition) is 1. The predicted octanol–water partition coefficient (Wildman–Crippen LogP) is 6.33. The van der Waals surface area contributed by atoms with Gasteiger partial charge in [0, 0.05) is 48.9 Å². The average Bonchev–Trinajstić information content (AvgIpc) is 2.88. The highest BCUT2D eigenvalue weighted by Crippen LogP contribution is 2.60. The van der Waals surface area contributed by atoms with Gasteiger partial charge in [0.25, 0.3) is 0 Å². The van der Waals surface area contributed by atoms with Gasteiger partial charge in [-0.2, -0.15) is 0 Å². The first-order valence-corrected chi connectivity index (χ1v) is 15.0. The molecule has 2 saturated carbocycles. The summed E-state index contributed by atoms with van der Waals surface area (Å²) in [6.45, 7) is 6.14. The van der Waals surface area contributed by atoms with Crippen molar-refractivity contribution in [2.24, 2.45) is 23.2 Å². The van der Waals surface area contributed by atoms with Crippen molar-refractivity contribution in [3.63, 3.8) is 0 Å². The summed E-state index contributed by atoms with van der Waals surface area (Å²) in [7, 11) is 0. The fourth-order valence-electron chi connectivity index (χ4n) is 8.01. The average molecular weight is 548 g/mol. The van der Waals surface area contributed by atoms with E-state index in [-0.39, 0.29) is 28.9 Å². The van der Waals surface area contributed by atoms with Crippen molar-refractivity contribution in [1.29, 1.82) is 0 Å². The fourth-order valence-corrected chi connectivity index (χ4v) is 8.41. The van der Waals surface area contributed by atoms with Gasteiger partial charge in [-0.25, -0.2) is 4.79 Å². The van der Waals surface area contributed by atoms with Crippen molar-refractivity contribution >= 4 is 40.8 Å². The van der Waals surface area contributed by atoms with Crippen molar-refractivity contribution in [3.8, 4) is 0 Å². The van der Waals surface area contributed by atoms with E-state index in [4.69, 9.17) is 27.9 Å². The highest BCUT2D eigenvalue weighted by molar-refractivity contribution is 6.18. The van der Waals surface area contributed by atoms with Gasteiger partial charge in [-0.15, -0.1) is 23.2 Å². The van der Waals surface area contributed by atoms with Crippen molar-refractivity contribution in [1.82, 2.24) is 5.32 Å². The Labute approximate surface area is 231 Å². The minimum absolute atomic E-state index is 0.0501. The topological polar surface area (TPSA) is 58.6 Å². The number of benzene rings is 1. The Morgan fingerprint density at radius 1 is 1.05 bits per heavy atom. The van der Waals surface area contributed by atoms with Gasteiger partial charge in [-0.05, 0) is 92.9 Å². The summed E-state index contributed by atoms with van der Waals surface area (Å²) in [5, 5.41) is 3.35. The second kappa shape index (κ2) is 10.8. The number of esters is 1. The van der Waals surface area contributed by atoms with Crippen LogP contribution in [-0.2, 0) is 9.53 Å². The van der Waals surface area contributed by atoms with Crippen LogP contribution in [0.15, 0.2) is 35.9 Å². The van der Waals surface area contributed by atoms with Gasteiger partial charge in [0.2, 0.25) is 5.91 Å². The summed E-state index contributed by atoms with van der Waals surface area (Å²) >= 11 is 11.9. The predicted molar refractivity (Wildman–Crippen MR) is 149 cm³/mol. The highest BCUT2D eigenvalue weighted by atomic mass is 35.5. The Balaban J connectivity index is 1.24. The molecule has 1 aliphatic heterocycles. The fraction of sp³-hybridized carbons (Fsp3) is 0.667. The van der Waals surface area contributed by atoms with Gasteiger partial charge >= 0.3 is 5.97 Å². The van der Waals surface area contributed by atoms with E-state index in [1.165, 1.54) is 5.57 Å². The highest BCUT2D eigenvalue weighted by Gasteiger charge is 2.56. The van der Waals surface area contributed by atoms with Crippen LogP contribution in [0, 0.1) is 23.2 Å². The molecular formula is C30H40Cl2N2O3. The molecule has 1 aromatic rings. The number of alkyl halides is 2. The maximum absolute atomic E-state index is 13.0. The van der Waals surface area contributed by atoms with Crippen LogP contribution in [0.3, 0.4) is 0 Å². The molecule has 3 aliphatic carbocycles. The van der Waals surface area contributed by atoms with Crippen molar-refractivity contribution in [3.05, 3.63) is 41.5 Å². The summed E-state index contributed by atoms with van der Waals surface area (Å²) < 4.78 is 6.03. The lowest BCUT2D eigenvalue weighted by Crippen LogP contribution is -2.62. The van der Waals surface area contributed by atoms with Gasteiger partial charge in [-0.1, -0.05) is 18.6 Å². The Bertz CT molecular complexity index is 1040. The number of halogens is 2. The minimum atomic E-state index is -0.248. The molecule has 1 unspecified atom stereocenters. The molecule has 7 heteroatoms. The monoisotopic (exact) mass is 546 g/mol. The first-order valence-electron chi connectivity index (χ1n) is 14.0. The van der Waals surface area contributed by atoms with Crippen LogP contribution < -0.4 is 10.2 Å². The number of allylic oxidation sites excluding steroid dienone is 1. The van der Waals surface area contributed by atoms with E-state index in [9.17, 15) is 9.59 Å². The number of hydrogen-bond acceptors (Lipinski definition) is 4. The molecule has 0 aromatic heterocycles. The third-order valence-electron chi connectivity index (χ3n) is 10.0. The molecular weight excluding hydrogens is 507 g/mol. The summed E-state index contributed by atoms with van der Waals surface area (Å²) in [6, 6.07) is 7.57. The minimum Gasteiger partial charge on any atom is -0.458 e. The van der Waals surface area contributed by atoms with E-state index in [1.54, 1.807) is 0 Å². The van der Waals surface area contributed by atoms with E-state index in [0.717, 1.165) is 50.6 Å². The second-order valence-electron chi connectivity index (χ2n) is 12.0. The number of ether oxygens (including phenoxy) is 1. The molecule has 4 aliphatic rings. The number of amides is 1. The normalized spacial score (nSPS) is 34.8. The summed E-state index contributed by atoms with van der Waals surface area (Å²) in [5.74, 6) is 2.85. The molecule has 1 amide bonds. The van der Waals surface area contributed by atoms with Crippen LogP contribution >= 0.6 is 23.2 Å². The summed E-state index contributed by atoms with van der Waals surface area (Å²) in [6.07, 6.45) is 10.1. The van der Waals surface area contributed by atoms with Crippen LogP contribution in [0.5, 0.6) is 0 Å². The van der Waals surface area contributed by atoms with Gasteiger partial charge in [0.05, 0.1) is 5.56 Å². The maximum Gasteiger partial charge on any atom is 0.338 e. The van der Waals surface area contributed by atoms with E-state index in [1.807, 2.05) is 24.3 Å². The number of fused-ring (bicyclic) bond motifs is 5. The van der Waals surface area contributed by atoms with Crippen molar-refractivity contribution in [2.75, 3.05) is 29.7 Å². The van der Waals surface area contributed by atoms with E-state index in [2.05, 4.69) is 30.1 Å². The lowest BCUT2D eigenvalue weighted by molar-refractivity contribution is -0.131. The van der Waals surface area contributed by atoms with Crippen LogP contribution in [0.4, 0.5) is 5.69 Å². The zero-order valence-electron chi connectivity index (χ0n) is 22.1. The zero-order valence-corrected chi connectivity index (χ0v) is 23.6. The van der Waals surface area contributed by atoms with Crippen molar-refractivity contribution < 1.29 is 14.3 Å². The Hall–Kier alpha value is -1.72. The largest absolute Gasteiger partial charge is 0.458 e. The molecule has 1 aromatic carbocycles. The zero-order chi connectivity index (χ0) is 26.2. The molecule has 5 nitrogen and oxygen atoms in total. The molecule has 5 rings (SSSR count). The Morgan fingerprint density at radius 2 is 1.78 bits per heavy atom. The third kappa shape index (κ3) is 5.15. The molecule has 6 atom stereocenters. The third-order valence-corrected chi connectivity index (χ3v) is 10.3. The van der Waals surface area contributed by atoms with Crippen LogP contribution in [0.25, 0.3) is 0 Å². The number of piperidine rings is 1. The van der Waals surface area contributed by atoms with Gasteiger partial charge in [0.1, 0.15) is 6.10 Å². The molecule has 3 fully saturated rings. The number of carbonyl (C=O) groups is 2. The first-order chi connectivity index (χ1) is 17.8. The van der Waals surface area contributed by atoms with Crippen LogP contribution in [0.2, 0.25) is 0 Å². The van der Waals surface area contributed by atoms with Crippen molar-refractivity contribution in [2.45, 2.75) is 76.9 Å². The number of nitrogens with zero attached hydrogens (tertiary/aromatic N) is 1. The Kier molecular flexibility index (Phi) is 7.85.